The SMILES string of the molecule is CCOC1CC(C(=O)N[C@H]2CCO[C@H]2c2n[nH]c(C)n2)C1. The van der Waals surface area contributed by atoms with Gasteiger partial charge >= 0.3 is 0 Å². The molecule has 1 aromatic heterocycles. The lowest BCUT2D eigenvalue weighted by Gasteiger charge is -2.34. The molecule has 2 heterocycles. The predicted octanol–water partition coefficient (Wildman–Crippen LogP) is 0.874. The number of ether oxygens (including phenoxy) is 2. The molecule has 7 heteroatoms. The highest BCUT2D eigenvalue weighted by atomic mass is 16.5. The van der Waals surface area contributed by atoms with E-state index in [1.54, 1.807) is 0 Å². The van der Waals surface area contributed by atoms with Crippen LogP contribution in [0.25, 0.3) is 0 Å². The first-order valence-electron chi connectivity index (χ1n) is 7.60. The molecule has 0 bridgehead atoms. The molecule has 0 radical (unpaired) electrons. The molecule has 2 aliphatic rings. The van der Waals surface area contributed by atoms with Gasteiger partial charge in [0.1, 0.15) is 11.9 Å². The molecule has 1 amide bonds. The van der Waals surface area contributed by atoms with Gasteiger partial charge in [-0.2, -0.15) is 5.10 Å². The summed E-state index contributed by atoms with van der Waals surface area (Å²) in [6.07, 6.45) is 2.43. The molecule has 0 spiro atoms. The van der Waals surface area contributed by atoms with Crippen molar-refractivity contribution in [1.82, 2.24) is 20.5 Å². The molecule has 1 saturated heterocycles. The monoisotopic (exact) mass is 294 g/mol. The normalized spacial score (nSPS) is 31.9. The summed E-state index contributed by atoms with van der Waals surface area (Å²) >= 11 is 0. The van der Waals surface area contributed by atoms with Crippen molar-refractivity contribution in [3.8, 4) is 0 Å². The Morgan fingerprint density at radius 2 is 2.33 bits per heavy atom. The maximum Gasteiger partial charge on any atom is 0.223 e. The van der Waals surface area contributed by atoms with E-state index in [1.165, 1.54) is 0 Å². The summed E-state index contributed by atoms with van der Waals surface area (Å²) in [7, 11) is 0. The number of rotatable bonds is 5. The number of amides is 1. The summed E-state index contributed by atoms with van der Waals surface area (Å²) in [4.78, 5) is 16.5. The van der Waals surface area contributed by atoms with E-state index in [0.717, 1.165) is 25.1 Å². The number of aryl methyl sites for hydroxylation is 1. The molecule has 3 rings (SSSR count). The van der Waals surface area contributed by atoms with Gasteiger partial charge in [-0.05, 0) is 33.1 Å². The second-order valence-electron chi connectivity index (χ2n) is 5.72. The summed E-state index contributed by atoms with van der Waals surface area (Å²) in [6.45, 7) is 5.16. The standard InChI is InChI=1S/C14H22N4O3/c1-3-20-10-6-9(7-10)14(19)16-11-4-5-21-12(11)13-15-8(2)17-18-13/h9-12H,3-7H2,1-2H3,(H,16,19)(H,15,17,18)/t9?,10?,11-,12+/m0/s1. The highest BCUT2D eigenvalue weighted by Gasteiger charge is 2.39. The lowest BCUT2D eigenvalue weighted by molar-refractivity contribution is -0.134. The molecule has 0 unspecified atom stereocenters. The van der Waals surface area contributed by atoms with E-state index in [0.29, 0.717) is 19.0 Å². The average Bonchev–Trinajstić information content (AvgIpc) is 3.01. The van der Waals surface area contributed by atoms with Crippen LogP contribution in [0.15, 0.2) is 0 Å². The minimum absolute atomic E-state index is 0.0427. The topological polar surface area (TPSA) is 89.1 Å². The van der Waals surface area contributed by atoms with Gasteiger partial charge in [0.15, 0.2) is 5.82 Å². The Morgan fingerprint density at radius 1 is 1.52 bits per heavy atom. The van der Waals surface area contributed by atoms with E-state index < -0.39 is 0 Å². The first kappa shape index (κ1) is 14.5. The highest BCUT2D eigenvalue weighted by molar-refractivity contribution is 5.80. The van der Waals surface area contributed by atoms with Crippen LogP contribution in [0.3, 0.4) is 0 Å². The fraction of sp³-hybridized carbons (Fsp3) is 0.786. The lowest BCUT2D eigenvalue weighted by Crippen LogP contribution is -2.46. The van der Waals surface area contributed by atoms with Gasteiger partial charge in [-0.3, -0.25) is 9.89 Å². The van der Waals surface area contributed by atoms with Gasteiger partial charge in [0, 0.05) is 19.1 Å². The second-order valence-corrected chi connectivity index (χ2v) is 5.72. The number of aromatic amines is 1. The summed E-state index contributed by atoms with van der Waals surface area (Å²) in [5.41, 5.74) is 0. The fourth-order valence-electron chi connectivity index (χ4n) is 2.93. The highest BCUT2D eigenvalue weighted by Crippen LogP contribution is 2.32. The van der Waals surface area contributed by atoms with Crippen LogP contribution in [0.4, 0.5) is 0 Å². The van der Waals surface area contributed by atoms with E-state index in [1.807, 2.05) is 13.8 Å². The van der Waals surface area contributed by atoms with Crippen molar-refractivity contribution in [1.29, 1.82) is 0 Å². The number of aromatic nitrogens is 3. The van der Waals surface area contributed by atoms with Crippen molar-refractivity contribution in [3.63, 3.8) is 0 Å². The summed E-state index contributed by atoms with van der Waals surface area (Å²) < 4.78 is 11.2. The second kappa shape index (κ2) is 6.11. The Labute approximate surface area is 123 Å². The van der Waals surface area contributed by atoms with Gasteiger partial charge in [0.25, 0.3) is 0 Å². The summed E-state index contributed by atoms with van der Waals surface area (Å²) in [5, 5.41) is 10.0. The number of hydrogen-bond donors (Lipinski definition) is 2. The number of H-pyrrole nitrogens is 1. The van der Waals surface area contributed by atoms with Crippen LogP contribution in [0.1, 0.15) is 43.9 Å². The molecule has 2 N–H and O–H groups in total. The largest absolute Gasteiger partial charge is 0.378 e. The molecule has 0 aromatic carbocycles. The molecule has 2 fully saturated rings. The Bertz CT molecular complexity index is 498. The number of carbonyl (C=O) groups excluding carboxylic acids is 1. The molecule has 7 nitrogen and oxygen atoms in total. The van der Waals surface area contributed by atoms with Gasteiger partial charge in [0.2, 0.25) is 5.91 Å². The molecular formula is C14H22N4O3. The van der Waals surface area contributed by atoms with Gasteiger partial charge in [-0.15, -0.1) is 0 Å². The van der Waals surface area contributed by atoms with Crippen LogP contribution in [0.2, 0.25) is 0 Å². The third-order valence-electron chi connectivity index (χ3n) is 4.16. The molecule has 1 aromatic rings. The zero-order valence-electron chi connectivity index (χ0n) is 12.5. The average molecular weight is 294 g/mol. The lowest BCUT2D eigenvalue weighted by atomic mass is 9.81. The Morgan fingerprint density at radius 3 is 3.00 bits per heavy atom. The van der Waals surface area contributed by atoms with Gasteiger partial charge in [-0.25, -0.2) is 4.98 Å². The molecule has 1 aliphatic heterocycles. The van der Waals surface area contributed by atoms with E-state index in [4.69, 9.17) is 9.47 Å². The van der Waals surface area contributed by atoms with Crippen molar-refractivity contribution in [2.45, 2.75) is 51.4 Å². The quantitative estimate of drug-likeness (QED) is 0.841. The van der Waals surface area contributed by atoms with Crippen LogP contribution in [0.5, 0.6) is 0 Å². The van der Waals surface area contributed by atoms with Crippen LogP contribution >= 0.6 is 0 Å². The Kier molecular flexibility index (Phi) is 4.21. The fourth-order valence-corrected chi connectivity index (χ4v) is 2.93. The van der Waals surface area contributed by atoms with Gasteiger partial charge in [0.05, 0.1) is 12.1 Å². The van der Waals surface area contributed by atoms with E-state index in [2.05, 4.69) is 20.5 Å². The molecule has 2 atom stereocenters. The van der Waals surface area contributed by atoms with Crippen molar-refractivity contribution in [2.24, 2.45) is 5.92 Å². The van der Waals surface area contributed by atoms with Crippen molar-refractivity contribution < 1.29 is 14.3 Å². The van der Waals surface area contributed by atoms with Gasteiger partial charge in [-0.1, -0.05) is 0 Å². The van der Waals surface area contributed by atoms with Crippen LogP contribution in [-0.4, -0.2) is 46.4 Å². The molecule has 116 valence electrons. The minimum atomic E-state index is -0.248. The number of nitrogens with zero attached hydrogens (tertiary/aromatic N) is 2. The third kappa shape index (κ3) is 3.08. The van der Waals surface area contributed by atoms with Crippen LogP contribution in [0, 0.1) is 12.8 Å². The molecule has 21 heavy (non-hydrogen) atoms. The smallest absolute Gasteiger partial charge is 0.223 e. The zero-order chi connectivity index (χ0) is 14.8. The minimum Gasteiger partial charge on any atom is -0.378 e. The first-order valence-corrected chi connectivity index (χ1v) is 7.60. The first-order chi connectivity index (χ1) is 10.2. The zero-order valence-corrected chi connectivity index (χ0v) is 12.5. The number of carbonyl (C=O) groups is 1. The van der Waals surface area contributed by atoms with Crippen LogP contribution < -0.4 is 5.32 Å². The molecule has 1 aliphatic carbocycles. The van der Waals surface area contributed by atoms with Crippen molar-refractivity contribution >= 4 is 5.91 Å². The Balaban J connectivity index is 1.53. The van der Waals surface area contributed by atoms with Gasteiger partial charge < -0.3 is 14.8 Å². The summed E-state index contributed by atoms with van der Waals surface area (Å²) in [5.74, 6) is 1.54. The van der Waals surface area contributed by atoms with E-state index in [-0.39, 0.29) is 30.1 Å². The van der Waals surface area contributed by atoms with Crippen LogP contribution in [-0.2, 0) is 14.3 Å². The predicted molar refractivity (Wildman–Crippen MR) is 74.5 cm³/mol. The van der Waals surface area contributed by atoms with E-state index in [9.17, 15) is 4.79 Å². The summed E-state index contributed by atoms with van der Waals surface area (Å²) in [6, 6.07) is -0.0427. The third-order valence-corrected chi connectivity index (χ3v) is 4.16. The molecular weight excluding hydrogens is 272 g/mol. The van der Waals surface area contributed by atoms with Crippen molar-refractivity contribution in [2.75, 3.05) is 13.2 Å². The van der Waals surface area contributed by atoms with Crippen molar-refractivity contribution in [3.05, 3.63) is 11.6 Å². The van der Waals surface area contributed by atoms with E-state index >= 15 is 0 Å². The number of nitrogens with one attached hydrogen (secondary N) is 2. The molecule has 1 saturated carbocycles. The Hall–Kier alpha value is -1.47. The maximum absolute atomic E-state index is 12.2. The maximum atomic E-state index is 12.2. The number of hydrogen-bond acceptors (Lipinski definition) is 5.